The van der Waals surface area contributed by atoms with Crippen molar-refractivity contribution in [3.63, 3.8) is 0 Å². The highest BCUT2D eigenvalue weighted by atomic mass is 32.1. The Morgan fingerprint density at radius 1 is 1.42 bits per heavy atom. The zero-order chi connectivity index (χ0) is 14.3. The van der Waals surface area contributed by atoms with Crippen LogP contribution in [0.2, 0.25) is 0 Å². The number of anilines is 1. The van der Waals surface area contributed by atoms with E-state index in [1.54, 1.807) is 18.4 Å². The predicted molar refractivity (Wildman–Crippen MR) is 83.2 cm³/mol. The minimum absolute atomic E-state index is 0.682. The third-order valence-electron chi connectivity index (χ3n) is 2.94. The van der Waals surface area contributed by atoms with Gasteiger partial charge in [0.25, 0.3) is 0 Å². The van der Waals surface area contributed by atoms with Crippen molar-refractivity contribution < 1.29 is 4.74 Å². The van der Waals surface area contributed by atoms with Crippen LogP contribution in [0.3, 0.4) is 0 Å². The van der Waals surface area contributed by atoms with Crippen molar-refractivity contribution in [2.45, 2.75) is 34.2 Å². The molecule has 1 heterocycles. The van der Waals surface area contributed by atoms with Gasteiger partial charge in [-0.2, -0.15) is 0 Å². The van der Waals surface area contributed by atoms with E-state index in [1.165, 1.54) is 4.88 Å². The summed E-state index contributed by atoms with van der Waals surface area (Å²) < 4.78 is 5.15. The fourth-order valence-corrected chi connectivity index (χ4v) is 2.90. The van der Waals surface area contributed by atoms with Gasteiger partial charge in [0.2, 0.25) is 0 Å². The Bertz CT molecular complexity index is 366. The van der Waals surface area contributed by atoms with E-state index in [9.17, 15) is 0 Å². The number of hydrogen-bond acceptors (Lipinski definition) is 5. The van der Waals surface area contributed by atoms with Gasteiger partial charge in [-0.15, -0.1) is 11.3 Å². The summed E-state index contributed by atoms with van der Waals surface area (Å²) in [6, 6.07) is 0. The molecule has 0 radical (unpaired) electrons. The van der Waals surface area contributed by atoms with E-state index in [-0.39, 0.29) is 0 Å². The maximum Gasteiger partial charge on any atom is 0.185 e. The van der Waals surface area contributed by atoms with Crippen molar-refractivity contribution in [3.8, 4) is 0 Å². The van der Waals surface area contributed by atoms with Crippen molar-refractivity contribution in [1.29, 1.82) is 0 Å². The zero-order valence-corrected chi connectivity index (χ0v) is 13.6. The van der Waals surface area contributed by atoms with Gasteiger partial charge in [-0.1, -0.05) is 13.8 Å². The van der Waals surface area contributed by atoms with E-state index in [2.05, 4.69) is 42.9 Å². The fourth-order valence-electron chi connectivity index (χ4n) is 1.78. The molecular weight excluding hydrogens is 258 g/mol. The first kappa shape index (κ1) is 16.4. The van der Waals surface area contributed by atoms with Gasteiger partial charge in [-0.25, -0.2) is 4.98 Å². The van der Waals surface area contributed by atoms with Crippen LogP contribution in [0.15, 0.2) is 0 Å². The molecule has 1 aromatic rings. The lowest BCUT2D eigenvalue weighted by Gasteiger charge is -2.18. The monoisotopic (exact) mass is 285 g/mol. The summed E-state index contributed by atoms with van der Waals surface area (Å²) >= 11 is 1.79. The molecule has 0 spiro atoms. The molecular formula is C14H27N3OS. The Kier molecular flexibility index (Phi) is 7.34. The second-order valence-corrected chi connectivity index (χ2v) is 6.16. The van der Waals surface area contributed by atoms with Gasteiger partial charge in [0.1, 0.15) is 0 Å². The van der Waals surface area contributed by atoms with E-state index < -0.39 is 0 Å². The van der Waals surface area contributed by atoms with Crippen LogP contribution >= 0.6 is 11.3 Å². The highest BCUT2D eigenvalue weighted by Gasteiger charge is 2.12. The van der Waals surface area contributed by atoms with Gasteiger partial charge in [-0.05, 0) is 26.3 Å². The van der Waals surface area contributed by atoms with Crippen LogP contribution < -0.4 is 10.2 Å². The van der Waals surface area contributed by atoms with Crippen molar-refractivity contribution in [2.75, 3.05) is 38.3 Å². The molecule has 19 heavy (non-hydrogen) atoms. The minimum Gasteiger partial charge on any atom is -0.383 e. The van der Waals surface area contributed by atoms with Gasteiger partial charge in [0.05, 0.1) is 12.3 Å². The number of likely N-dealkylation sites (N-methyl/N-ethyl adjacent to an activating group) is 1. The second kappa shape index (κ2) is 8.51. The lowest BCUT2D eigenvalue weighted by Crippen LogP contribution is -2.26. The third kappa shape index (κ3) is 5.47. The number of aryl methyl sites for hydroxylation is 1. The summed E-state index contributed by atoms with van der Waals surface area (Å²) in [7, 11) is 1.74. The van der Waals surface area contributed by atoms with Crippen LogP contribution in [-0.4, -0.2) is 38.3 Å². The Morgan fingerprint density at radius 2 is 2.16 bits per heavy atom. The molecule has 1 rings (SSSR count). The van der Waals surface area contributed by atoms with E-state index >= 15 is 0 Å². The number of methoxy groups -OCH3 is 1. The largest absolute Gasteiger partial charge is 0.383 e. The SMILES string of the molecule is CCN(CCOC)c1nc(C)c(CNCC(C)C)s1. The van der Waals surface area contributed by atoms with Gasteiger partial charge in [-0.3, -0.25) is 0 Å². The Labute approximate surface area is 121 Å². The molecule has 0 atom stereocenters. The maximum atomic E-state index is 5.15. The number of hydrogen-bond donors (Lipinski definition) is 1. The van der Waals surface area contributed by atoms with Crippen molar-refractivity contribution >= 4 is 16.5 Å². The van der Waals surface area contributed by atoms with Crippen molar-refractivity contribution in [3.05, 3.63) is 10.6 Å². The Morgan fingerprint density at radius 3 is 2.74 bits per heavy atom. The van der Waals surface area contributed by atoms with E-state index in [0.717, 1.165) is 43.6 Å². The molecule has 1 aromatic heterocycles. The van der Waals surface area contributed by atoms with Gasteiger partial charge in [0, 0.05) is 31.6 Å². The molecule has 0 unspecified atom stereocenters. The molecule has 0 amide bonds. The summed E-state index contributed by atoms with van der Waals surface area (Å²) in [6.45, 7) is 13.3. The van der Waals surface area contributed by atoms with E-state index in [1.807, 2.05) is 0 Å². The number of aromatic nitrogens is 1. The average molecular weight is 285 g/mol. The highest BCUT2D eigenvalue weighted by molar-refractivity contribution is 7.15. The average Bonchev–Trinajstić information content (AvgIpc) is 2.71. The zero-order valence-electron chi connectivity index (χ0n) is 12.8. The standard InChI is InChI=1S/C14H27N3OS/c1-6-17(7-8-18-5)14-16-12(4)13(19-14)10-15-9-11(2)3/h11,15H,6-10H2,1-5H3. The molecule has 0 fully saturated rings. The minimum atomic E-state index is 0.682. The predicted octanol–water partition coefficient (Wildman–Crippen LogP) is 2.67. The lowest BCUT2D eigenvalue weighted by molar-refractivity contribution is 0.205. The van der Waals surface area contributed by atoms with Crippen LogP contribution in [0.5, 0.6) is 0 Å². The number of rotatable bonds is 9. The molecule has 0 saturated carbocycles. The smallest absolute Gasteiger partial charge is 0.185 e. The van der Waals surface area contributed by atoms with Crippen LogP contribution in [0.25, 0.3) is 0 Å². The first-order valence-electron chi connectivity index (χ1n) is 6.99. The summed E-state index contributed by atoms with van der Waals surface area (Å²) in [4.78, 5) is 8.29. The van der Waals surface area contributed by atoms with Crippen LogP contribution in [0.1, 0.15) is 31.3 Å². The normalized spacial score (nSPS) is 11.3. The number of nitrogens with one attached hydrogen (secondary N) is 1. The topological polar surface area (TPSA) is 37.4 Å². The molecule has 5 heteroatoms. The molecule has 0 aromatic carbocycles. The first-order valence-corrected chi connectivity index (χ1v) is 7.81. The molecule has 0 bridgehead atoms. The second-order valence-electron chi connectivity index (χ2n) is 5.10. The van der Waals surface area contributed by atoms with E-state index in [0.29, 0.717) is 5.92 Å². The highest BCUT2D eigenvalue weighted by Crippen LogP contribution is 2.25. The van der Waals surface area contributed by atoms with Crippen LogP contribution in [0, 0.1) is 12.8 Å². The molecule has 0 aliphatic rings. The molecule has 0 saturated heterocycles. The first-order chi connectivity index (χ1) is 9.08. The molecule has 0 aliphatic carbocycles. The summed E-state index contributed by atoms with van der Waals surface area (Å²) in [5, 5.41) is 4.59. The number of ether oxygens (including phenoxy) is 1. The van der Waals surface area contributed by atoms with Crippen LogP contribution in [0.4, 0.5) is 5.13 Å². The summed E-state index contributed by atoms with van der Waals surface area (Å²) in [5.74, 6) is 0.682. The van der Waals surface area contributed by atoms with Crippen LogP contribution in [-0.2, 0) is 11.3 Å². The molecule has 4 nitrogen and oxygen atoms in total. The van der Waals surface area contributed by atoms with Crippen molar-refractivity contribution in [2.24, 2.45) is 5.92 Å². The summed E-state index contributed by atoms with van der Waals surface area (Å²) in [5.41, 5.74) is 1.15. The van der Waals surface area contributed by atoms with E-state index in [4.69, 9.17) is 4.74 Å². The fraction of sp³-hybridized carbons (Fsp3) is 0.786. The lowest BCUT2D eigenvalue weighted by atomic mass is 10.2. The van der Waals surface area contributed by atoms with Gasteiger partial charge < -0.3 is 15.0 Å². The number of thiazole rings is 1. The van der Waals surface area contributed by atoms with Gasteiger partial charge in [0.15, 0.2) is 5.13 Å². The summed E-state index contributed by atoms with van der Waals surface area (Å²) in [6.07, 6.45) is 0. The molecule has 1 N–H and O–H groups in total. The Balaban J connectivity index is 2.60. The molecule has 110 valence electrons. The maximum absolute atomic E-state index is 5.15. The van der Waals surface area contributed by atoms with Crippen molar-refractivity contribution in [1.82, 2.24) is 10.3 Å². The quantitative estimate of drug-likeness (QED) is 0.757. The molecule has 0 aliphatic heterocycles. The Hall–Kier alpha value is -0.650. The third-order valence-corrected chi connectivity index (χ3v) is 4.16. The van der Waals surface area contributed by atoms with Gasteiger partial charge >= 0.3 is 0 Å². The number of nitrogens with zero attached hydrogens (tertiary/aromatic N) is 2.